The van der Waals surface area contributed by atoms with Crippen molar-refractivity contribution in [3.63, 3.8) is 0 Å². The van der Waals surface area contributed by atoms with Crippen LogP contribution >= 0.6 is 39.1 Å². The van der Waals surface area contributed by atoms with E-state index in [0.29, 0.717) is 15.6 Å². The summed E-state index contributed by atoms with van der Waals surface area (Å²) < 4.78 is 13.4. The number of benzene rings is 2. The van der Waals surface area contributed by atoms with Crippen molar-refractivity contribution < 1.29 is 9.18 Å². The Bertz CT molecular complexity index is 643. The molecular formula is C14H8BrCl2FO. The van der Waals surface area contributed by atoms with Crippen molar-refractivity contribution in [3.8, 4) is 0 Å². The zero-order chi connectivity index (χ0) is 14.0. The summed E-state index contributed by atoms with van der Waals surface area (Å²) in [6.07, 6.45) is 0.189. The number of carbonyl (C=O) groups excluding carboxylic acids is 1. The molecule has 2 rings (SSSR count). The minimum atomic E-state index is -0.397. The predicted molar refractivity (Wildman–Crippen MR) is 78.6 cm³/mol. The van der Waals surface area contributed by atoms with E-state index in [0.717, 1.165) is 5.56 Å². The van der Waals surface area contributed by atoms with Gasteiger partial charge in [-0.05, 0) is 51.8 Å². The smallest absolute Gasteiger partial charge is 0.167 e. The summed E-state index contributed by atoms with van der Waals surface area (Å²) in [6.45, 7) is 0. The van der Waals surface area contributed by atoms with Gasteiger partial charge >= 0.3 is 0 Å². The monoisotopic (exact) mass is 360 g/mol. The van der Waals surface area contributed by atoms with Gasteiger partial charge in [0.25, 0.3) is 0 Å². The molecule has 0 atom stereocenters. The third-order valence-corrected chi connectivity index (χ3v) is 3.94. The number of Topliss-reactive ketones (excluding diaryl/α,β-unsaturated/α-hetero) is 1. The van der Waals surface area contributed by atoms with Gasteiger partial charge in [0.05, 0.1) is 14.5 Å². The van der Waals surface area contributed by atoms with Crippen LogP contribution in [0, 0.1) is 5.82 Å². The van der Waals surface area contributed by atoms with Crippen molar-refractivity contribution in [2.45, 2.75) is 6.42 Å². The molecule has 0 heterocycles. The molecule has 0 aliphatic rings. The van der Waals surface area contributed by atoms with Crippen LogP contribution in [0.4, 0.5) is 4.39 Å². The highest BCUT2D eigenvalue weighted by molar-refractivity contribution is 9.10. The summed E-state index contributed by atoms with van der Waals surface area (Å²) in [5, 5.41) is 0.856. The van der Waals surface area contributed by atoms with Crippen molar-refractivity contribution in [1.82, 2.24) is 0 Å². The Morgan fingerprint density at radius 1 is 1.11 bits per heavy atom. The molecule has 1 nitrogen and oxygen atoms in total. The lowest BCUT2D eigenvalue weighted by Crippen LogP contribution is -2.04. The van der Waals surface area contributed by atoms with E-state index in [-0.39, 0.29) is 16.7 Å². The summed E-state index contributed by atoms with van der Waals surface area (Å²) in [7, 11) is 0. The Morgan fingerprint density at radius 3 is 2.47 bits per heavy atom. The molecule has 0 spiro atoms. The van der Waals surface area contributed by atoms with E-state index in [1.54, 1.807) is 18.2 Å². The van der Waals surface area contributed by atoms with Crippen LogP contribution in [0.25, 0.3) is 0 Å². The molecule has 0 fully saturated rings. The molecule has 0 saturated carbocycles. The summed E-state index contributed by atoms with van der Waals surface area (Å²) in [6, 6.07) is 9.22. The van der Waals surface area contributed by atoms with Crippen LogP contribution in [-0.4, -0.2) is 5.78 Å². The van der Waals surface area contributed by atoms with Crippen LogP contribution in [0.3, 0.4) is 0 Å². The van der Waals surface area contributed by atoms with Crippen LogP contribution in [0.15, 0.2) is 40.9 Å². The molecular weight excluding hydrogens is 354 g/mol. The van der Waals surface area contributed by atoms with Crippen molar-refractivity contribution >= 4 is 44.9 Å². The summed E-state index contributed by atoms with van der Waals surface area (Å²) in [5.74, 6) is -0.509. The average molecular weight is 362 g/mol. The van der Waals surface area contributed by atoms with Gasteiger partial charge in [-0.25, -0.2) is 4.39 Å². The fraction of sp³-hybridized carbons (Fsp3) is 0.0714. The van der Waals surface area contributed by atoms with E-state index < -0.39 is 5.82 Å². The lowest BCUT2D eigenvalue weighted by atomic mass is 10.0. The molecule has 0 radical (unpaired) electrons. The largest absolute Gasteiger partial charge is 0.294 e. The van der Waals surface area contributed by atoms with E-state index in [9.17, 15) is 9.18 Å². The van der Waals surface area contributed by atoms with E-state index in [1.807, 2.05) is 0 Å². The minimum absolute atomic E-state index is 0.112. The molecule has 2 aromatic carbocycles. The molecule has 0 aliphatic heterocycles. The molecule has 19 heavy (non-hydrogen) atoms. The molecule has 0 saturated heterocycles. The summed E-state index contributed by atoms with van der Waals surface area (Å²) >= 11 is 14.8. The molecule has 0 bridgehead atoms. The fourth-order valence-corrected chi connectivity index (χ4v) is 2.31. The number of hydrogen-bond acceptors (Lipinski definition) is 1. The molecule has 0 amide bonds. The molecule has 0 N–H and O–H groups in total. The van der Waals surface area contributed by atoms with Gasteiger partial charge in [0, 0.05) is 12.0 Å². The predicted octanol–water partition coefficient (Wildman–Crippen LogP) is 5.32. The van der Waals surface area contributed by atoms with E-state index >= 15 is 0 Å². The van der Waals surface area contributed by atoms with E-state index in [4.69, 9.17) is 23.2 Å². The second-order valence-corrected chi connectivity index (χ2v) is 5.65. The molecule has 2 aromatic rings. The van der Waals surface area contributed by atoms with Gasteiger partial charge in [-0.2, -0.15) is 0 Å². The quantitative estimate of drug-likeness (QED) is 0.676. The highest BCUT2D eigenvalue weighted by atomic mass is 79.9. The standard InChI is InChI=1S/C14H8BrCl2FO/c15-10-7-9(2-4-13(10)18)14(19)6-8-1-3-11(16)12(17)5-8/h1-5,7H,6H2. The first-order valence-corrected chi connectivity index (χ1v) is 6.94. The lowest BCUT2D eigenvalue weighted by molar-refractivity contribution is 0.0993. The Kier molecular flexibility index (Phi) is 4.61. The van der Waals surface area contributed by atoms with Gasteiger partial charge in [-0.15, -0.1) is 0 Å². The summed E-state index contributed by atoms with van der Waals surface area (Å²) in [5.41, 5.74) is 1.21. The van der Waals surface area contributed by atoms with E-state index in [1.165, 1.54) is 18.2 Å². The zero-order valence-electron chi connectivity index (χ0n) is 9.59. The third kappa shape index (κ3) is 3.56. The van der Waals surface area contributed by atoms with Gasteiger partial charge in [0.15, 0.2) is 5.78 Å². The van der Waals surface area contributed by atoms with Gasteiger partial charge in [0.2, 0.25) is 0 Å². The maximum atomic E-state index is 13.1. The first-order chi connectivity index (χ1) is 8.97. The normalized spacial score (nSPS) is 10.5. The molecule has 0 aromatic heterocycles. The molecule has 5 heteroatoms. The maximum absolute atomic E-state index is 13.1. The second-order valence-electron chi connectivity index (χ2n) is 3.98. The van der Waals surface area contributed by atoms with Gasteiger partial charge in [-0.3, -0.25) is 4.79 Å². The van der Waals surface area contributed by atoms with Crippen molar-refractivity contribution in [2.75, 3.05) is 0 Å². The number of rotatable bonds is 3. The highest BCUT2D eigenvalue weighted by Gasteiger charge is 2.10. The van der Waals surface area contributed by atoms with Crippen molar-refractivity contribution in [1.29, 1.82) is 0 Å². The first-order valence-electron chi connectivity index (χ1n) is 5.39. The van der Waals surface area contributed by atoms with Crippen LogP contribution in [-0.2, 0) is 6.42 Å². The number of carbonyl (C=O) groups is 1. The number of halogens is 4. The van der Waals surface area contributed by atoms with Crippen LogP contribution in [0.2, 0.25) is 10.0 Å². The lowest BCUT2D eigenvalue weighted by Gasteiger charge is -2.04. The molecule has 0 unspecified atom stereocenters. The van der Waals surface area contributed by atoms with Crippen LogP contribution in [0.1, 0.15) is 15.9 Å². The van der Waals surface area contributed by atoms with Crippen molar-refractivity contribution in [2.24, 2.45) is 0 Å². The molecule has 0 aliphatic carbocycles. The molecule has 98 valence electrons. The maximum Gasteiger partial charge on any atom is 0.167 e. The second kappa shape index (κ2) is 6.04. The third-order valence-electron chi connectivity index (χ3n) is 2.59. The Labute approximate surface area is 128 Å². The van der Waals surface area contributed by atoms with Gasteiger partial charge < -0.3 is 0 Å². The van der Waals surface area contributed by atoms with Gasteiger partial charge in [-0.1, -0.05) is 29.3 Å². The Balaban J connectivity index is 2.20. The van der Waals surface area contributed by atoms with Crippen LogP contribution in [0.5, 0.6) is 0 Å². The highest BCUT2D eigenvalue weighted by Crippen LogP contribution is 2.24. The fourth-order valence-electron chi connectivity index (χ4n) is 1.61. The van der Waals surface area contributed by atoms with E-state index in [2.05, 4.69) is 15.9 Å². The topological polar surface area (TPSA) is 17.1 Å². The zero-order valence-corrected chi connectivity index (χ0v) is 12.7. The minimum Gasteiger partial charge on any atom is -0.294 e. The first kappa shape index (κ1) is 14.5. The Hall–Kier alpha value is -0.900. The average Bonchev–Trinajstić information content (AvgIpc) is 2.37. The number of ketones is 1. The Morgan fingerprint density at radius 2 is 1.84 bits per heavy atom. The van der Waals surface area contributed by atoms with Crippen molar-refractivity contribution in [3.05, 3.63) is 67.9 Å². The summed E-state index contributed by atoms with van der Waals surface area (Å²) in [4.78, 5) is 12.1. The SMILES string of the molecule is O=C(Cc1ccc(Cl)c(Cl)c1)c1ccc(F)c(Br)c1. The van der Waals surface area contributed by atoms with Crippen LogP contribution < -0.4 is 0 Å². The number of hydrogen-bond donors (Lipinski definition) is 0. The van der Waals surface area contributed by atoms with Gasteiger partial charge in [0.1, 0.15) is 5.82 Å².